The quantitative estimate of drug-likeness (QED) is 0.721. The number of benzene rings is 1. The van der Waals surface area contributed by atoms with Gasteiger partial charge >= 0.3 is 0 Å². The number of carbonyl (C=O) groups excluding carboxylic acids is 1. The van der Waals surface area contributed by atoms with Crippen molar-refractivity contribution in [2.75, 3.05) is 44.4 Å². The van der Waals surface area contributed by atoms with Crippen molar-refractivity contribution in [3.05, 3.63) is 23.8 Å². The van der Waals surface area contributed by atoms with Crippen molar-refractivity contribution in [2.24, 2.45) is 0 Å². The molecule has 1 N–H and O–H groups in total. The van der Waals surface area contributed by atoms with Crippen LogP contribution in [0.2, 0.25) is 0 Å². The summed E-state index contributed by atoms with van der Waals surface area (Å²) in [5.74, 6) is -0.452. The first kappa shape index (κ1) is 21.2. The van der Waals surface area contributed by atoms with Crippen LogP contribution in [-0.4, -0.2) is 76.5 Å². The van der Waals surface area contributed by atoms with Crippen LogP contribution in [0.4, 0.5) is 5.69 Å². The first-order valence-electron chi connectivity index (χ1n) is 9.07. The van der Waals surface area contributed by atoms with E-state index >= 15 is 0 Å². The molecule has 2 aliphatic heterocycles. The fourth-order valence-corrected chi connectivity index (χ4v) is 6.01. The summed E-state index contributed by atoms with van der Waals surface area (Å²) in [7, 11) is -7.18. The molecule has 0 bridgehead atoms. The summed E-state index contributed by atoms with van der Waals surface area (Å²) in [6, 6.07) is 3.78. The fraction of sp³-hybridized carbons (Fsp3) is 0.588. The monoisotopic (exact) mass is 431 g/mol. The lowest BCUT2D eigenvalue weighted by atomic mass is 10.1. The number of nitrogens with one attached hydrogen (secondary N) is 1. The Bertz CT molecular complexity index is 955. The number of aryl methyl sites for hydroxylation is 1. The minimum atomic E-state index is -3.69. The molecule has 2 saturated heterocycles. The highest BCUT2D eigenvalue weighted by atomic mass is 32.2. The molecule has 2 heterocycles. The molecule has 2 fully saturated rings. The van der Waals surface area contributed by atoms with E-state index < -0.39 is 32.0 Å². The third-order valence-corrected chi connectivity index (χ3v) is 8.19. The van der Waals surface area contributed by atoms with E-state index in [2.05, 4.69) is 5.32 Å². The number of hydrogen-bond donors (Lipinski definition) is 1. The SMILES string of the molecule is Cc1ccc(S(=O)(=O)N2CCOCC2)cc1NC(=O)C1CCCN1S(C)(=O)=O. The van der Waals surface area contributed by atoms with Gasteiger partial charge in [-0.05, 0) is 37.5 Å². The van der Waals surface area contributed by atoms with Crippen molar-refractivity contribution in [3.8, 4) is 0 Å². The first-order valence-corrected chi connectivity index (χ1v) is 12.4. The van der Waals surface area contributed by atoms with Gasteiger partial charge in [-0.1, -0.05) is 6.07 Å². The number of ether oxygens (including phenoxy) is 1. The molecule has 1 unspecified atom stereocenters. The molecule has 2 aliphatic rings. The summed E-state index contributed by atoms with van der Waals surface area (Å²) in [6.45, 7) is 3.31. The van der Waals surface area contributed by atoms with E-state index in [4.69, 9.17) is 4.74 Å². The van der Waals surface area contributed by atoms with Crippen molar-refractivity contribution in [3.63, 3.8) is 0 Å². The molecule has 1 aromatic carbocycles. The van der Waals surface area contributed by atoms with Gasteiger partial charge < -0.3 is 10.1 Å². The smallest absolute Gasteiger partial charge is 0.243 e. The van der Waals surface area contributed by atoms with Gasteiger partial charge in [0, 0.05) is 25.3 Å². The predicted molar refractivity (Wildman–Crippen MR) is 104 cm³/mol. The van der Waals surface area contributed by atoms with Crippen molar-refractivity contribution in [1.29, 1.82) is 0 Å². The third kappa shape index (κ3) is 4.38. The molecule has 9 nitrogen and oxygen atoms in total. The van der Waals surface area contributed by atoms with E-state index in [1.807, 2.05) is 0 Å². The Labute approximate surface area is 165 Å². The van der Waals surface area contributed by atoms with Gasteiger partial charge in [0.2, 0.25) is 26.0 Å². The Morgan fingerprint density at radius 2 is 1.82 bits per heavy atom. The Balaban J connectivity index is 1.83. The maximum Gasteiger partial charge on any atom is 0.243 e. The Kier molecular flexibility index (Phi) is 6.11. The van der Waals surface area contributed by atoms with Crippen LogP contribution in [0.15, 0.2) is 23.1 Å². The Morgan fingerprint density at radius 3 is 2.46 bits per heavy atom. The fourth-order valence-electron chi connectivity index (χ4n) is 3.45. The van der Waals surface area contributed by atoms with Gasteiger partial charge in [0.1, 0.15) is 6.04 Å². The standard InChI is InChI=1S/C17H25N3O6S2/c1-13-5-6-14(28(24,25)19-8-10-26-11-9-19)12-15(13)18-17(21)16-4-3-7-20(16)27(2,22)23/h5-6,12,16H,3-4,7-11H2,1-2H3,(H,18,21). The predicted octanol–water partition coefficient (Wildman–Crippen LogP) is 0.378. The Hall–Kier alpha value is -1.53. The molecule has 0 saturated carbocycles. The highest BCUT2D eigenvalue weighted by Crippen LogP contribution is 2.26. The van der Waals surface area contributed by atoms with Crippen LogP contribution >= 0.6 is 0 Å². The van der Waals surface area contributed by atoms with Crippen molar-refractivity contribution < 1.29 is 26.4 Å². The molecule has 1 amide bonds. The van der Waals surface area contributed by atoms with E-state index in [1.165, 1.54) is 20.7 Å². The van der Waals surface area contributed by atoms with Crippen molar-refractivity contribution in [2.45, 2.75) is 30.7 Å². The number of morpholine rings is 1. The van der Waals surface area contributed by atoms with E-state index in [1.54, 1.807) is 13.0 Å². The maximum atomic E-state index is 12.8. The first-order chi connectivity index (χ1) is 13.1. The molecule has 3 rings (SSSR count). The average Bonchev–Trinajstić information content (AvgIpc) is 3.14. The highest BCUT2D eigenvalue weighted by molar-refractivity contribution is 7.89. The number of carbonyl (C=O) groups is 1. The van der Waals surface area contributed by atoms with Crippen LogP contribution in [0.1, 0.15) is 18.4 Å². The Morgan fingerprint density at radius 1 is 1.14 bits per heavy atom. The second kappa shape index (κ2) is 8.07. The van der Waals surface area contributed by atoms with E-state index in [0.717, 1.165) is 6.26 Å². The number of nitrogens with zero attached hydrogens (tertiary/aromatic N) is 2. The maximum absolute atomic E-state index is 12.8. The van der Waals surface area contributed by atoms with Crippen molar-refractivity contribution in [1.82, 2.24) is 8.61 Å². The van der Waals surface area contributed by atoms with Crippen LogP contribution in [-0.2, 0) is 29.6 Å². The van der Waals surface area contributed by atoms with E-state index in [9.17, 15) is 21.6 Å². The molecule has 0 aliphatic carbocycles. The van der Waals surface area contributed by atoms with Gasteiger partial charge in [-0.25, -0.2) is 16.8 Å². The van der Waals surface area contributed by atoms with Crippen LogP contribution in [0, 0.1) is 6.92 Å². The van der Waals surface area contributed by atoms with Crippen LogP contribution in [0.25, 0.3) is 0 Å². The van der Waals surface area contributed by atoms with E-state index in [0.29, 0.717) is 43.9 Å². The molecule has 28 heavy (non-hydrogen) atoms. The molecule has 0 radical (unpaired) electrons. The average molecular weight is 432 g/mol. The van der Waals surface area contributed by atoms with Gasteiger partial charge in [-0.15, -0.1) is 0 Å². The molecule has 0 aromatic heterocycles. The van der Waals surface area contributed by atoms with Gasteiger partial charge in [0.25, 0.3) is 0 Å². The zero-order chi connectivity index (χ0) is 20.5. The second-order valence-electron chi connectivity index (χ2n) is 7.01. The molecule has 156 valence electrons. The largest absolute Gasteiger partial charge is 0.379 e. The zero-order valence-corrected chi connectivity index (χ0v) is 17.6. The third-order valence-electron chi connectivity index (χ3n) is 5.01. The molecular formula is C17H25N3O6S2. The van der Waals surface area contributed by atoms with Gasteiger partial charge in [-0.3, -0.25) is 4.79 Å². The normalized spacial score (nSPS) is 22.3. The van der Waals surface area contributed by atoms with E-state index in [-0.39, 0.29) is 18.0 Å². The lowest BCUT2D eigenvalue weighted by molar-refractivity contribution is -0.119. The summed E-state index contributed by atoms with van der Waals surface area (Å²) >= 11 is 0. The highest BCUT2D eigenvalue weighted by Gasteiger charge is 2.36. The summed E-state index contributed by atoms with van der Waals surface area (Å²) in [5.41, 5.74) is 1.05. The summed E-state index contributed by atoms with van der Waals surface area (Å²) in [6.07, 6.45) is 2.12. The van der Waals surface area contributed by atoms with Gasteiger partial charge in [0.15, 0.2) is 0 Å². The van der Waals surface area contributed by atoms with Crippen LogP contribution < -0.4 is 5.32 Å². The van der Waals surface area contributed by atoms with Crippen LogP contribution in [0.5, 0.6) is 0 Å². The van der Waals surface area contributed by atoms with Crippen molar-refractivity contribution >= 4 is 31.6 Å². The molecular weight excluding hydrogens is 406 g/mol. The molecule has 11 heteroatoms. The minimum absolute atomic E-state index is 0.0849. The van der Waals surface area contributed by atoms with Gasteiger partial charge in [-0.2, -0.15) is 8.61 Å². The molecule has 1 atom stereocenters. The number of sulfonamides is 2. The van der Waals surface area contributed by atoms with Gasteiger partial charge in [0.05, 0.1) is 24.4 Å². The lowest BCUT2D eigenvalue weighted by Gasteiger charge is -2.26. The van der Waals surface area contributed by atoms with Crippen LogP contribution in [0.3, 0.4) is 0 Å². The molecule has 1 aromatic rings. The number of hydrogen-bond acceptors (Lipinski definition) is 6. The number of amides is 1. The minimum Gasteiger partial charge on any atom is -0.379 e. The number of rotatable bonds is 5. The molecule has 0 spiro atoms. The topological polar surface area (TPSA) is 113 Å². The zero-order valence-electron chi connectivity index (χ0n) is 15.9. The second-order valence-corrected chi connectivity index (χ2v) is 10.9. The summed E-state index contributed by atoms with van der Waals surface area (Å²) < 4.78 is 57.2. The number of anilines is 1. The summed E-state index contributed by atoms with van der Waals surface area (Å²) in [5, 5.41) is 2.72. The summed E-state index contributed by atoms with van der Waals surface area (Å²) in [4.78, 5) is 12.8. The lowest BCUT2D eigenvalue weighted by Crippen LogP contribution is -2.42.